The normalized spacial score (nSPS) is 22.4. The van der Waals surface area contributed by atoms with Crippen LogP contribution in [0.25, 0.3) is 0 Å². The minimum atomic E-state index is -5.39. The largest absolute Gasteiger partial charge is 0.472 e. The second-order valence-corrected chi connectivity index (χ2v) is 19.3. The third kappa shape index (κ3) is 32.9. The number of hydrogen-bond donors (Lipinski definition) is 8. The summed E-state index contributed by atoms with van der Waals surface area (Å²) in [5, 5.41) is 51.3. The van der Waals surface area contributed by atoms with Crippen LogP contribution in [0.2, 0.25) is 0 Å². The molecule has 17 nitrogen and oxygen atoms in total. The summed E-state index contributed by atoms with van der Waals surface area (Å²) < 4.78 is 49.2. The molecule has 0 aromatic heterocycles. The number of aliphatic hydroxyl groups is 5. The molecule has 1 aliphatic rings. The van der Waals surface area contributed by atoms with E-state index in [1.54, 1.807) is 12.2 Å². The van der Waals surface area contributed by atoms with Crippen molar-refractivity contribution in [3.8, 4) is 0 Å². The number of allylic oxidation sites excluding steroid dienone is 12. The third-order valence-corrected chi connectivity index (χ3v) is 12.0. The highest BCUT2D eigenvalue weighted by molar-refractivity contribution is 7.47. The van der Waals surface area contributed by atoms with Gasteiger partial charge in [-0.25, -0.2) is 9.13 Å². The van der Waals surface area contributed by atoms with Crippen LogP contribution in [-0.4, -0.2) is 114 Å². The smallest absolute Gasteiger partial charge is 0.462 e. The highest BCUT2D eigenvalue weighted by atomic mass is 31.2. The molecule has 1 aliphatic carbocycles. The van der Waals surface area contributed by atoms with E-state index in [-0.39, 0.29) is 12.8 Å². The van der Waals surface area contributed by atoms with Gasteiger partial charge >= 0.3 is 27.6 Å². The van der Waals surface area contributed by atoms with E-state index in [1.165, 1.54) is 51.4 Å². The fourth-order valence-electron chi connectivity index (χ4n) is 6.71. The van der Waals surface area contributed by atoms with Crippen LogP contribution < -0.4 is 0 Å². The van der Waals surface area contributed by atoms with Crippen LogP contribution >= 0.6 is 15.6 Å². The molecule has 0 bridgehead atoms. The van der Waals surface area contributed by atoms with E-state index >= 15 is 0 Å². The van der Waals surface area contributed by atoms with E-state index in [0.29, 0.717) is 38.5 Å². The van der Waals surface area contributed by atoms with Crippen LogP contribution in [0.1, 0.15) is 149 Å². The summed E-state index contributed by atoms with van der Waals surface area (Å²) in [6.07, 6.45) is 30.0. The summed E-state index contributed by atoms with van der Waals surface area (Å²) in [6.45, 7) is 2.90. The van der Waals surface area contributed by atoms with Crippen LogP contribution in [0.3, 0.4) is 0 Å². The van der Waals surface area contributed by atoms with Gasteiger partial charge in [-0.1, -0.05) is 144 Å². The van der Waals surface area contributed by atoms with Gasteiger partial charge in [0.1, 0.15) is 43.2 Å². The molecule has 8 N–H and O–H groups in total. The summed E-state index contributed by atoms with van der Waals surface area (Å²) in [7, 11) is -10.7. The maximum Gasteiger partial charge on any atom is 0.472 e. The van der Waals surface area contributed by atoms with E-state index in [1.807, 2.05) is 42.5 Å². The second-order valence-electron chi connectivity index (χ2n) is 16.7. The molecule has 0 heterocycles. The van der Waals surface area contributed by atoms with Crippen molar-refractivity contribution in [2.75, 3.05) is 13.2 Å². The van der Waals surface area contributed by atoms with Gasteiger partial charge in [-0.15, -0.1) is 0 Å². The number of aliphatic hydroxyl groups excluding tert-OH is 5. The zero-order valence-corrected chi connectivity index (χ0v) is 41.9. The molecule has 0 saturated heterocycles. The van der Waals surface area contributed by atoms with Gasteiger partial charge < -0.3 is 49.7 Å². The highest BCUT2D eigenvalue weighted by Gasteiger charge is 2.54. The number of hydrogen-bond acceptors (Lipinski definition) is 14. The number of ether oxygens (including phenoxy) is 2. The molecule has 0 amide bonds. The van der Waals surface area contributed by atoms with E-state index in [9.17, 15) is 58.9 Å². The summed E-state index contributed by atoms with van der Waals surface area (Å²) >= 11 is 0. The monoisotopic (exact) mass is 1000 g/mol. The van der Waals surface area contributed by atoms with E-state index < -0.39 is 89.6 Å². The summed E-state index contributed by atoms with van der Waals surface area (Å²) in [6, 6.07) is 0. The number of carbonyl (C=O) groups excluding carboxylic acids is 2. The van der Waals surface area contributed by atoms with Crippen LogP contribution in [0.4, 0.5) is 0 Å². The molecule has 19 heteroatoms. The van der Waals surface area contributed by atoms with Crippen molar-refractivity contribution in [1.82, 2.24) is 0 Å². The van der Waals surface area contributed by atoms with E-state index in [4.69, 9.17) is 18.5 Å². The van der Waals surface area contributed by atoms with Gasteiger partial charge in [0.2, 0.25) is 0 Å². The Kier molecular flexibility index (Phi) is 36.1. The van der Waals surface area contributed by atoms with Gasteiger partial charge in [0.15, 0.2) is 6.10 Å². The molecule has 1 saturated carbocycles. The number of phosphoric ester groups is 2. The lowest BCUT2D eigenvalue weighted by molar-refractivity contribution is -0.216. The van der Waals surface area contributed by atoms with Gasteiger partial charge in [-0.2, -0.15) is 0 Å². The van der Waals surface area contributed by atoms with Crippen molar-refractivity contribution in [2.24, 2.45) is 0 Å². The van der Waals surface area contributed by atoms with Crippen molar-refractivity contribution in [1.29, 1.82) is 0 Å². The zero-order chi connectivity index (χ0) is 50.5. The molecular formula is C49H82O17P2. The SMILES string of the molecule is CCCCC/C=C\C[C@H](O)/C=C/C=C\C/C=C\CCCC(=O)O[C@H](COC(=O)CCC/C=C\C/C=C\C/C=C\CCCCCCCC)COP(=O)(O)O[C@H]1C(O)C(O)C(O)[C@@H](OP(=O)(O)O)C1O. The van der Waals surface area contributed by atoms with Gasteiger partial charge in [0.05, 0.1) is 12.7 Å². The Balaban J connectivity index is 2.70. The molecule has 0 aromatic rings. The molecule has 68 heavy (non-hydrogen) atoms. The average molecular weight is 1010 g/mol. The van der Waals surface area contributed by atoms with Crippen LogP contribution in [0.5, 0.6) is 0 Å². The van der Waals surface area contributed by atoms with Crippen molar-refractivity contribution >= 4 is 27.6 Å². The zero-order valence-electron chi connectivity index (χ0n) is 40.1. The fourth-order valence-corrected chi connectivity index (χ4v) is 8.24. The third-order valence-electron chi connectivity index (χ3n) is 10.5. The first-order valence-corrected chi connectivity index (χ1v) is 27.3. The minimum absolute atomic E-state index is 0.0206. The van der Waals surface area contributed by atoms with Gasteiger partial charge in [0, 0.05) is 12.8 Å². The molecule has 0 spiro atoms. The summed E-state index contributed by atoms with van der Waals surface area (Å²) in [5.74, 6) is -1.38. The Hall–Kier alpha value is -2.86. The van der Waals surface area contributed by atoms with Crippen LogP contribution in [0.15, 0.2) is 85.1 Å². The fraction of sp³-hybridized carbons (Fsp3) is 0.673. The molecule has 0 aromatic carbocycles. The van der Waals surface area contributed by atoms with Crippen LogP contribution in [0, 0.1) is 0 Å². The van der Waals surface area contributed by atoms with Crippen molar-refractivity contribution in [3.05, 3.63) is 85.1 Å². The molecule has 5 unspecified atom stereocenters. The van der Waals surface area contributed by atoms with Gasteiger partial charge in [-0.3, -0.25) is 23.2 Å². The number of rotatable bonds is 39. The molecule has 1 rings (SSSR count). The molecule has 9 atom stereocenters. The highest BCUT2D eigenvalue weighted by Crippen LogP contribution is 2.49. The van der Waals surface area contributed by atoms with Crippen LogP contribution in [-0.2, 0) is 41.8 Å². The standard InChI is InChI=1S/C49H82O17P2/c1-3-5-7-9-11-12-13-14-15-16-17-18-19-20-24-28-32-36-42(51)62-38-41(39-63-68(60,61)66-49-46(55)44(53)45(54)48(47(49)56)65-67(57,58)59)64-43(52)37-33-29-25-22-21-23-27-31-35-40(50)34-30-26-10-8-6-4-2/h14-15,17-18,20,22-27,30-31,35,40-41,44-50,53-56H,3-13,16,19,21,28-29,32-34,36-39H2,1-2H3,(H,60,61)(H2,57,58,59)/b15-14-,18-17-,24-20-,25-22-,27-23-,30-26-,35-31+/t40-,41+,44?,45?,46?,47?,48+,49-/m0/s1. The second kappa shape index (κ2) is 38.8. The number of carbonyl (C=O) groups is 2. The predicted molar refractivity (Wildman–Crippen MR) is 261 cm³/mol. The topological polar surface area (TPSA) is 276 Å². The first-order chi connectivity index (χ1) is 32.5. The minimum Gasteiger partial charge on any atom is -0.462 e. The molecular weight excluding hydrogens is 922 g/mol. The lowest BCUT2D eigenvalue weighted by Crippen LogP contribution is -2.64. The van der Waals surface area contributed by atoms with E-state index in [2.05, 4.69) is 48.8 Å². The lowest BCUT2D eigenvalue weighted by atomic mass is 9.85. The lowest BCUT2D eigenvalue weighted by Gasteiger charge is -2.43. The first kappa shape index (κ1) is 63.2. The maximum absolute atomic E-state index is 13.0. The first-order valence-electron chi connectivity index (χ1n) is 24.2. The number of unbranched alkanes of at least 4 members (excludes halogenated alkanes) is 11. The van der Waals surface area contributed by atoms with Crippen molar-refractivity contribution in [2.45, 2.75) is 198 Å². The molecule has 0 radical (unpaired) electrons. The van der Waals surface area contributed by atoms with E-state index in [0.717, 1.165) is 32.1 Å². The Morgan fingerprint density at radius 1 is 0.544 bits per heavy atom. The molecule has 0 aliphatic heterocycles. The summed E-state index contributed by atoms with van der Waals surface area (Å²) in [4.78, 5) is 54.3. The van der Waals surface area contributed by atoms with Crippen molar-refractivity contribution in [3.63, 3.8) is 0 Å². The van der Waals surface area contributed by atoms with Gasteiger partial charge in [-0.05, 0) is 77.0 Å². The Labute approximate surface area is 404 Å². The number of phosphoric acid groups is 2. The number of esters is 2. The van der Waals surface area contributed by atoms with Gasteiger partial charge in [0.25, 0.3) is 0 Å². The molecule has 1 fully saturated rings. The Morgan fingerprint density at radius 3 is 1.63 bits per heavy atom. The quantitative estimate of drug-likeness (QED) is 0.00944. The molecule has 390 valence electrons. The summed E-state index contributed by atoms with van der Waals surface area (Å²) in [5.41, 5.74) is 0. The maximum atomic E-state index is 13.0. The predicted octanol–water partition coefficient (Wildman–Crippen LogP) is 8.36. The van der Waals surface area contributed by atoms with Crippen molar-refractivity contribution < 1.29 is 82.0 Å². The Morgan fingerprint density at radius 2 is 1.03 bits per heavy atom. The Bertz CT molecular complexity index is 1650. The average Bonchev–Trinajstić information content (AvgIpc) is 3.29.